The summed E-state index contributed by atoms with van der Waals surface area (Å²) in [5, 5.41) is 0. The maximum absolute atomic E-state index is 12.9. The SMILES string of the molecule is Cc1cc(C2=C(C3=CC=C(O[C@H]4CCN(CCCF)C4)CC=C3)C3=CC=C(N)C=CC3CCC2)ccc1OC(F)(F)F. The van der Waals surface area contributed by atoms with Crippen LogP contribution in [0, 0.1) is 12.8 Å². The van der Waals surface area contributed by atoms with Crippen LogP contribution in [0.15, 0.2) is 95.0 Å². The van der Waals surface area contributed by atoms with E-state index in [1.807, 2.05) is 18.2 Å². The van der Waals surface area contributed by atoms with E-state index in [0.717, 1.165) is 78.9 Å². The van der Waals surface area contributed by atoms with Crippen LogP contribution in [-0.2, 0) is 4.74 Å². The minimum atomic E-state index is -4.75. The summed E-state index contributed by atoms with van der Waals surface area (Å²) in [6.07, 6.45) is 16.5. The maximum atomic E-state index is 12.9. The van der Waals surface area contributed by atoms with E-state index in [2.05, 4.69) is 40.0 Å². The van der Waals surface area contributed by atoms with Crippen LogP contribution >= 0.6 is 0 Å². The van der Waals surface area contributed by atoms with Crippen molar-refractivity contribution in [2.24, 2.45) is 11.7 Å². The van der Waals surface area contributed by atoms with E-state index in [1.165, 1.54) is 6.07 Å². The summed E-state index contributed by atoms with van der Waals surface area (Å²) in [5.41, 5.74) is 12.5. The molecule has 1 saturated heterocycles. The van der Waals surface area contributed by atoms with E-state index in [9.17, 15) is 17.6 Å². The van der Waals surface area contributed by atoms with Crippen molar-refractivity contribution in [3.63, 3.8) is 0 Å². The lowest BCUT2D eigenvalue weighted by atomic mass is 9.83. The fourth-order valence-electron chi connectivity index (χ4n) is 6.18. The second-order valence-corrected chi connectivity index (χ2v) is 11.3. The molecule has 8 heteroatoms. The molecule has 2 atom stereocenters. The molecule has 0 amide bonds. The van der Waals surface area contributed by atoms with Gasteiger partial charge in [0.05, 0.1) is 6.67 Å². The molecule has 0 radical (unpaired) electrons. The van der Waals surface area contributed by atoms with E-state index in [0.29, 0.717) is 24.1 Å². The standard InChI is InChI=1S/C34H38F4N2O2/c1-23-21-26(11-16-32(23)42-34(36,37)38)30-8-3-5-24-9-12-27(39)13-15-31(24)33(30)25-6-2-7-28(14-10-25)41-29-17-20-40(22-29)19-4-18-35/h2,6,9-16,21,24,29H,3-5,7-8,17-20,22,39H2,1H3/t24?,29-/m0/s1. The molecule has 1 aromatic rings. The van der Waals surface area contributed by atoms with Gasteiger partial charge in [0, 0.05) is 37.7 Å². The molecule has 4 nitrogen and oxygen atoms in total. The molecule has 42 heavy (non-hydrogen) atoms. The highest BCUT2D eigenvalue weighted by Crippen LogP contribution is 2.44. The van der Waals surface area contributed by atoms with Gasteiger partial charge >= 0.3 is 6.36 Å². The molecule has 0 aromatic heterocycles. The van der Waals surface area contributed by atoms with Crippen molar-refractivity contribution < 1.29 is 27.0 Å². The zero-order valence-corrected chi connectivity index (χ0v) is 23.9. The molecular weight excluding hydrogens is 544 g/mol. The first-order chi connectivity index (χ1) is 20.2. The second kappa shape index (κ2) is 13.2. The Bertz CT molecular complexity index is 1380. The van der Waals surface area contributed by atoms with Crippen LogP contribution in [0.3, 0.4) is 0 Å². The monoisotopic (exact) mass is 582 g/mol. The number of allylic oxidation sites excluding steroid dienone is 12. The molecule has 0 spiro atoms. The lowest BCUT2D eigenvalue weighted by molar-refractivity contribution is -0.274. The molecule has 1 heterocycles. The van der Waals surface area contributed by atoms with Crippen molar-refractivity contribution in [2.75, 3.05) is 26.3 Å². The summed E-state index contributed by atoms with van der Waals surface area (Å²) in [6, 6.07) is 4.92. The molecule has 1 unspecified atom stereocenters. The number of hydrogen-bond acceptors (Lipinski definition) is 4. The highest BCUT2D eigenvalue weighted by atomic mass is 19.4. The fourth-order valence-corrected chi connectivity index (χ4v) is 6.18. The number of fused-ring (bicyclic) bond motifs is 1. The minimum absolute atomic E-state index is 0.0828. The Morgan fingerprint density at radius 3 is 2.71 bits per heavy atom. The van der Waals surface area contributed by atoms with E-state index < -0.39 is 6.36 Å². The zero-order valence-electron chi connectivity index (χ0n) is 23.9. The Morgan fingerprint density at radius 1 is 1.07 bits per heavy atom. The van der Waals surface area contributed by atoms with Gasteiger partial charge in [-0.3, -0.25) is 9.29 Å². The Kier molecular flexibility index (Phi) is 9.41. The van der Waals surface area contributed by atoms with Crippen molar-refractivity contribution in [2.45, 2.75) is 57.9 Å². The highest BCUT2D eigenvalue weighted by molar-refractivity contribution is 5.80. The van der Waals surface area contributed by atoms with Crippen LogP contribution in [0.2, 0.25) is 0 Å². The summed E-state index contributed by atoms with van der Waals surface area (Å²) >= 11 is 0. The molecular formula is C34H38F4N2O2. The summed E-state index contributed by atoms with van der Waals surface area (Å²) in [7, 11) is 0. The van der Waals surface area contributed by atoms with Gasteiger partial charge in [-0.05, 0) is 103 Å². The Morgan fingerprint density at radius 2 is 1.93 bits per heavy atom. The van der Waals surface area contributed by atoms with Crippen molar-refractivity contribution in [1.29, 1.82) is 0 Å². The third kappa shape index (κ3) is 7.46. The van der Waals surface area contributed by atoms with E-state index >= 15 is 0 Å². The Hall–Kier alpha value is -3.52. The first-order valence-corrected chi connectivity index (χ1v) is 14.7. The normalized spacial score (nSPS) is 23.3. The second-order valence-electron chi connectivity index (χ2n) is 11.3. The third-order valence-electron chi connectivity index (χ3n) is 8.17. The van der Waals surface area contributed by atoms with Crippen molar-refractivity contribution >= 4 is 5.57 Å². The number of benzene rings is 1. The number of halogens is 4. The highest BCUT2D eigenvalue weighted by Gasteiger charge is 2.32. The quantitative estimate of drug-likeness (QED) is 0.316. The Balaban J connectivity index is 1.51. The molecule has 0 bridgehead atoms. The van der Waals surface area contributed by atoms with E-state index in [1.54, 1.807) is 19.1 Å². The largest absolute Gasteiger partial charge is 0.573 e. The predicted octanol–water partition coefficient (Wildman–Crippen LogP) is 8.01. The average Bonchev–Trinajstić information content (AvgIpc) is 3.07. The fraction of sp³-hybridized carbons (Fsp3) is 0.412. The Labute approximate surface area is 245 Å². The lowest BCUT2D eigenvalue weighted by Crippen LogP contribution is -2.24. The van der Waals surface area contributed by atoms with Crippen molar-refractivity contribution in [3.05, 3.63) is 106 Å². The number of alkyl halides is 4. The van der Waals surface area contributed by atoms with Gasteiger partial charge in [-0.25, -0.2) is 0 Å². The van der Waals surface area contributed by atoms with Gasteiger partial charge in [0.1, 0.15) is 17.6 Å². The van der Waals surface area contributed by atoms with Crippen LogP contribution < -0.4 is 10.5 Å². The van der Waals surface area contributed by atoms with Gasteiger partial charge in [0.15, 0.2) is 0 Å². The zero-order chi connectivity index (χ0) is 29.7. The minimum Gasteiger partial charge on any atom is -0.493 e. The van der Waals surface area contributed by atoms with Crippen molar-refractivity contribution in [1.82, 2.24) is 4.90 Å². The number of rotatable bonds is 8. The summed E-state index contributed by atoms with van der Waals surface area (Å²) < 4.78 is 62.1. The molecule has 1 aromatic carbocycles. The maximum Gasteiger partial charge on any atom is 0.573 e. The summed E-state index contributed by atoms with van der Waals surface area (Å²) in [6.45, 7) is 3.80. The molecule has 3 aliphatic carbocycles. The summed E-state index contributed by atoms with van der Waals surface area (Å²) in [5.74, 6) is 0.852. The predicted molar refractivity (Wildman–Crippen MR) is 158 cm³/mol. The van der Waals surface area contributed by atoms with E-state index in [-0.39, 0.29) is 24.4 Å². The van der Waals surface area contributed by atoms with Crippen LogP contribution in [0.4, 0.5) is 17.6 Å². The number of nitrogens with two attached hydrogens (primary N) is 1. The van der Waals surface area contributed by atoms with Crippen molar-refractivity contribution in [3.8, 4) is 5.75 Å². The van der Waals surface area contributed by atoms with Crippen LogP contribution in [0.1, 0.15) is 49.7 Å². The summed E-state index contributed by atoms with van der Waals surface area (Å²) in [4.78, 5) is 2.25. The molecule has 2 N–H and O–H groups in total. The van der Waals surface area contributed by atoms with Gasteiger partial charge in [-0.1, -0.05) is 36.4 Å². The van der Waals surface area contributed by atoms with E-state index in [4.69, 9.17) is 10.5 Å². The average molecular weight is 583 g/mol. The first kappa shape index (κ1) is 30.0. The number of likely N-dealkylation sites (tertiary alicyclic amines) is 1. The van der Waals surface area contributed by atoms with Gasteiger partial charge < -0.3 is 15.2 Å². The third-order valence-corrected chi connectivity index (χ3v) is 8.17. The van der Waals surface area contributed by atoms with Gasteiger partial charge in [-0.2, -0.15) is 0 Å². The topological polar surface area (TPSA) is 47.7 Å². The van der Waals surface area contributed by atoms with Crippen LogP contribution in [-0.4, -0.2) is 43.7 Å². The van der Waals surface area contributed by atoms with Gasteiger partial charge in [-0.15, -0.1) is 13.2 Å². The molecule has 224 valence electrons. The molecule has 0 saturated carbocycles. The molecule has 1 aliphatic heterocycles. The number of aryl methyl sites for hydroxylation is 1. The number of ether oxygens (including phenoxy) is 2. The number of nitrogens with zero attached hydrogens (tertiary/aromatic N) is 1. The molecule has 5 rings (SSSR count). The smallest absolute Gasteiger partial charge is 0.493 e. The van der Waals surface area contributed by atoms with Crippen LogP contribution in [0.5, 0.6) is 5.75 Å². The van der Waals surface area contributed by atoms with Crippen LogP contribution in [0.25, 0.3) is 5.57 Å². The van der Waals surface area contributed by atoms with Gasteiger partial charge in [0.25, 0.3) is 0 Å². The van der Waals surface area contributed by atoms with Gasteiger partial charge in [0.2, 0.25) is 0 Å². The molecule has 1 fully saturated rings. The number of hydrogen-bond donors (Lipinski definition) is 1. The lowest BCUT2D eigenvalue weighted by Gasteiger charge is -2.21. The first-order valence-electron chi connectivity index (χ1n) is 14.7. The molecule has 4 aliphatic rings.